The van der Waals surface area contributed by atoms with Crippen LogP contribution in [0.15, 0.2) is 22.7 Å². The van der Waals surface area contributed by atoms with E-state index in [1.54, 1.807) is 0 Å². The highest BCUT2D eigenvalue weighted by Gasteiger charge is 2.28. The molecule has 0 aromatic heterocycles. The summed E-state index contributed by atoms with van der Waals surface area (Å²) in [4.78, 5) is 2.38. The van der Waals surface area contributed by atoms with Gasteiger partial charge >= 0.3 is 0 Å². The van der Waals surface area contributed by atoms with E-state index in [1.165, 1.54) is 11.3 Å². The number of morpholine rings is 1. The predicted molar refractivity (Wildman–Crippen MR) is 83.7 cm³/mol. The van der Waals surface area contributed by atoms with Crippen LogP contribution in [0, 0.1) is 0 Å². The van der Waals surface area contributed by atoms with Gasteiger partial charge in [-0.15, -0.1) is 0 Å². The maximum absolute atomic E-state index is 5.85. The van der Waals surface area contributed by atoms with Crippen molar-refractivity contribution in [1.82, 2.24) is 0 Å². The lowest BCUT2D eigenvalue weighted by Gasteiger charge is -2.39. The SMILES string of the molecule is CC(N)Cc1ccc(N2CCOC(C)(C)C2)c(Br)c1. The van der Waals surface area contributed by atoms with E-state index in [0.717, 1.165) is 30.6 Å². The first kappa shape index (κ1) is 14.8. The molecular weight excluding hydrogens is 304 g/mol. The molecule has 0 amide bonds. The smallest absolute Gasteiger partial charge is 0.0801 e. The molecule has 1 heterocycles. The van der Waals surface area contributed by atoms with Gasteiger partial charge in [-0.1, -0.05) is 6.07 Å². The van der Waals surface area contributed by atoms with Gasteiger partial charge in [0, 0.05) is 23.6 Å². The lowest BCUT2D eigenvalue weighted by Crippen LogP contribution is -2.48. The molecule has 0 aliphatic carbocycles. The fourth-order valence-electron chi connectivity index (χ4n) is 2.53. The van der Waals surface area contributed by atoms with Gasteiger partial charge in [0.15, 0.2) is 0 Å². The first-order valence-electron chi connectivity index (χ1n) is 6.80. The van der Waals surface area contributed by atoms with Gasteiger partial charge in [0.05, 0.1) is 17.9 Å². The Labute approximate surface area is 124 Å². The topological polar surface area (TPSA) is 38.5 Å². The van der Waals surface area contributed by atoms with Crippen LogP contribution in [0.5, 0.6) is 0 Å². The molecular formula is C15H23BrN2O. The van der Waals surface area contributed by atoms with E-state index in [-0.39, 0.29) is 11.6 Å². The second kappa shape index (κ2) is 5.81. The van der Waals surface area contributed by atoms with E-state index in [4.69, 9.17) is 10.5 Å². The maximum atomic E-state index is 5.85. The number of hydrogen-bond donors (Lipinski definition) is 1. The first-order chi connectivity index (χ1) is 8.87. The van der Waals surface area contributed by atoms with Crippen LogP contribution in [0.1, 0.15) is 26.3 Å². The van der Waals surface area contributed by atoms with Crippen LogP contribution in [-0.2, 0) is 11.2 Å². The summed E-state index contributed by atoms with van der Waals surface area (Å²) >= 11 is 3.69. The fraction of sp³-hybridized carbons (Fsp3) is 0.600. The van der Waals surface area contributed by atoms with E-state index >= 15 is 0 Å². The second-order valence-electron chi connectivity index (χ2n) is 6.00. The third-order valence-corrected chi connectivity index (χ3v) is 3.97. The van der Waals surface area contributed by atoms with Crippen LogP contribution in [0.3, 0.4) is 0 Å². The summed E-state index contributed by atoms with van der Waals surface area (Å²) in [6, 6.07) is 6.73. The number of nitrogens with two attached hydrogens (primary N) is 1. The van der Waals surface area contributed by atoms with Crippen molar-refractivity contribution in [2.45, 2.75) is 38.8 Å². The summed E-state index contributed by atoms with van der Waals surface area (Å²) in [7, 11) is 0. The summed E-state index contributed by atoms with van der Waals surface area (Å²) in [6.45, 7) is 8.94. The summed E-state index contributed by atoms with van der Waals surface area (Å²) < 4.78 is 6.90. The standard InChI is InChI=1S/C15H23BrN2O/c1-11(17)8-12-4-5-14(13(16)9-12)18-6-7-19-15(2,3)10-18/h4-5,9,11H,6-8,10,17H2,1-3H3. The van der Waals surface area contributed by atoms with E-state index in [0.29, 0.717) is 0 Å². The summed E-state index contributed by atoms with van der Waals surface area (Å²) in [6.07, 6.45) is 0.910. The molecule has 1 aliphatic rings. The minimum absolute atomic E-state index is 0.0812. The number of benzene rings is 1. The Bertz CT molecular complexity index is 446. The third-order valence-electron chi connectivity index (χ3n) is 3.34. The minimum atomic E-state index is -0.0812. The Hall–Kier alpha value is -0.580. The second-order valence-corrected chi connectivity index (χ2v) is 6.85. The van der Waals surface area contributed by atoms with Gasteiger partial charge in [-0.3, -0.25) is 0 Å². The van der Waals surface area contributed by atoms with Gasteiger partial charge in [0.1, 0.15) is 0 Å². The number of halogens is 1. The molecule has 0 radical (unpaired) electrons. The van der Waals surface area contributed by atoms with Crippen molar-refractivity contribution < 1.29 is 4.74 Å². The average Bonchev–Trinajstić information content (AvgIpc) is 2.26. The Morgan fingerprint density at radius 1 is 1.47 bits per heavy atom. The summed E-state index contributed by atoms with van der Waals surface area (Å²) in [5.41, 5.74) is 8.28. The lowest BCUT2D eigenvalue weighted by molar-refractivity contribution is -0.0277. The first-order valence-corrected chi connectivity index (χ1v) is 7.59. The van der Waals surface area contributed by atoms with Crippen molar-refractivity contribution in [3.8, 4) is 0 Å². The van der Waals surface area contributed by atoms with Crippen molar-refractivity contribution in [2.75, 3.05) is 24.6 Å². The van der Waals surface area contributed by atoms with Crippen LogP contribution in [-0.4, -0.2) is 31.3 Å². The number of ether oxygens (including phenoxy) is 1. The molecule has 2 N–H and O–H groups in total. The molecule has 1 aromatic rings. The van der Waals surface area contributed by atoms with E-state index in [2.05, 4.69) is 52.9 Å². The van der Waals surface area contributed by atoms with Gasteiger partial charge in [0.25, 0.3) is 0 Å². The largest absolute Gasteiger partial charge is 0.372 e. The van der Waals surface area contributed by atoms with Gasteiger partial charge in [-0.05, 0) is 60.8 Å². The Morgan fingerprint density at radius 3 is 2.79 bits per heavy atom. The maximum Gasteiger partial charge on any atom is 0.0801 e. The molecule has 2 rings (SSSR count). The summed E-state index contributed by atoms with van der Waals surface area (Å²) in [5, 5.41) is 0. The van der Waals surface area contributed by atoms with Crippen molar-refractivity contribution >= 4 is 21.6 Å². The van der Waals surface area contributed by atoms with Crippen molar-refractivity contribution in [1.29, 1.82) is 0 Å². The zero-order valence-corrected chi connectivity index (χ0v) is 13.5. The van der Waals surface area contributed by atoms with Gasteiger partial charge in [0.2, 0.25) is 0 Å². The molecule has 1 atom stereocenters. The molecule has 3 nitrogen and oxygen atoms in total. The highest BCUT2D eigenvalue weighted by molar-refractivity contribution is 9.10. The van der Waals surface area contributed by atoms with Crippen LogP contribution in [0.4, 0.5) is 5.69 Å². The molecule has 0 saturated carbocycles. The number of nitrogens with zero attached hydrogens (tertiary/aromatic N) is 1. The van der Waals surface area contributed by atoms with Crippen LogP contribution >= 0.6 is 15.9 Å². The van der Waals surface area contributed by atoms with E-state index < -0.39 is 0 Å². The molecule has 1 saturated heterocycles. The quantitative estimate of drug-likeness (QED) is 0.928. The average molecular weight is 327 g/mol. The van der Waals surface area contributed by atoms with Crippen LogP contribution in [0.25, 0.3) is 0 Å². The zero-order chi connectivity index (χ0) is 14.0. The van der Waals surface area contributed by atoms with Crippen molar-refractivity contribution in [3.05, 3.63) is 28.2 Å². The molecule has 1 aromatic carbocycles. The molecule has 0 bridgehead atoms. The number of anilines is 1. The fourth-order valence-corrected chi connectivity index (χ4v) is 3.20. The normalized spacial score (nSPS) is 20.4. The van der Waals surface area contributed by atoms with Crippen LogP contribution in [0.2, 0.25) is 0 Å². The number of hydrogen-bond acceptors (Lipinski definition) is 3. The summed E-state index contributed by atoms with van der Waals surface area (Å²) in [5.74, 6) is 0. The minimum Gasteiger partial charge on any atom is -0.372 e. The molecule has 1 aliphatic heterocycles. The highest BCUT2D eigenvalue weighted by atomic mass is 79.9. The number of rotatable bonds is 3. The van der Waals surface area contributed by atoms with E-state index in [1.807, 2.05) is 6.92 Å². The molecule has 0 spiro atoms. The zero-order valence-electron chi connectivity index (χ0n) is 11.9. The molecule has 106 valence electrons. The van der Waals surface area contributed by atoms with E-state index in [9.17, 15) is 0 Å². The highest BCUT2D eigenvalue weighted by Crippen LogP contribution is 2.31. The Morgan fingerprint density at radius 2 is 2.21 bits per heavy atom. The van der Waals surface area contributed by atoms with Crippen molar-refractivity contribution in [2.24, 2.45) is 5.73 Å². The molecule has 4 heteroatoms. The van der Waals surface area contributed by atoms with Crippen molar-refractivity contribution in [3.63, 3.8) is 0 Å². The lowest BCUT2D eigenvalue weighted by atomic mass is 10.0. The Kier molecular flexibility index (Phi) is 4.54. The predicted octanol–water partition coefficient (Wildman–Crippen LogP) is 2.95. The third kappa shape index (κ3) is 3.94. The van der Waals surface area contributed by atoms with Crippen LogP contribution < -0.4 is 10.6 Å². The molecule has 1 fully saturated rings. The van der Waals surface area contributed by atoms with Gasteiger partial charge in [-0.2, -0.15) is 0 Å². The monoisotopic (exact) mass is 326 g/mol. The van der Waals surface area contributed by atoms with Gasteiger partial charge in [-0.25, -0.2) is 0 Å². The van der Waals surface area contributed by atoms with Gasteiger partial charge < -0.3 is 15.4 Å². The molecule has 1 unspecified atom stereocenters. The molecule has 19 heavy (non-hydrogen) atoms. The Balaban J connectivity index is 2.16.